The highest BCUT2D eigenvalue weighted by molar-refractivity contribution is 14.0. The second kappa shape index (κ2) is 11.3. The van der Waals surface area contributed by atoms with E-state index in [0.29, 0.717) is 25.0 Å². The first-order chi connectivity index (χ1) is 12.0. The monoisotopic (exact) mass is 482 g/mol. The molecule has 0 bridgehead atoms. The molecule has 0 saturated carbocycles. The number of hydrogen-bond acceptors (Lipinski definition) is 3. The Morgan fingerprint density at radius 2 is 2.12 bits per heavy atom. The number of nitrogens with zero attached hydrogens (tertiary/aromatic N) is 2. The number of rotatable bonds is 6. The number of aliphatic imine (C=N–C) groups is 1. The number of ether oxygens (including phenoxy) is 1. The first kappa shape index (κ1) is 22.6. The van der Waals surface area contributed by atoms with Gasteiger partial charge in [0.2, 0.25) is 5.91 Å². The molecule has 0 aromatic heterocycles. The number of amides is 1. The first-order valence-electron chi connectivity index (χ1n) is 8.19. The standard InChI is InChI=1S/C17H24F2N4O2.HI/c1-23(2)16(24)10-22-17(20-8-12-5-6-25-11-12)21-9-13-7-14(18)3-4-15(13)19;/h3-4,7,12H,5-6,8-11H2,1-2H3,(H2,20,21,22);1H. The number of nitrogens with one attached hydrogen (secondary N) is 2. The Kier molecular flexibility index (Phi) is 9.78. The van der Waals surface area contributed by atoms with Crippen molar-refractivity contribution in [2.24, 2.45) is 10.9 Å². The van der Waals surface area contributed by atoms with Gasteiger partial charge in [0.25, 0.3) is 0 Å². The van der Waals surface area contributed by atoms with E-state index in [1.807, 2.05) is 0 Å². The van der Waals surface area contributed by atoms with Crippen LogP contribution in [-0.4, -0.2) is 57.2 Å². The van der Waals surface area contributed by atoms with E-state index >= 15 is 0 Å². The summed E-state index contributed by atoms with van der Waals surface area (Å²) in [6.07, 6.45) is 0.954. The van der Waals surface area contributed by atoms with Gasteiger partial charge < -0.3 is 20.3 Å². The van der Waals surface area contributed by atoms with Crippen molar-refractivity contribution in [1.29, 1.82) is 0 Å². The number of carbonyl (C=O) groups excluding carboxylic acids is 1. The van der Waals surface area contributed by atoms with E-state index in [1.54, 1.807) is 14.1 Å². The third kappa shape index (κ3) is 7.40. The van der Waals surface area contributed by atoms with E-state index in [0.717, 1.165) is 31.2 Å². The Balaban J connectivity index is 0.00000338. The van der Waals surface area contributed by atoms with Crippen molar-refractivity contribution in [3.8, 4) is 0 Å². The van der Waals surface area contributed by atoms with Gasteiger partial charge in [-0.25, -0.2) is 13.8 Å². The number of carbonyl (C=O) groups is 1. The van der Waals surface area contributed by atoms with Crippen LogP contribution in [0.15, 0.2) is 23.2 Å². The minimum absolute atomic E-state index is 0. The van der Waals surface area contributed by atoms with Crippen LogP contribution in [0.1, 0.15) is 12.0 Å². The Morgan fingerprint density at radius 1 is 1.35 bits per heavy atom. The van der Waals surface area contributed by atoms with Crippen LogP contribution < -0.4 is 10.6 Å². The molecule has 1 unspecified atom stereocenters. The fourth-order valence-electron chi connectivity index (χ4n) is 2.31. The van der Waals surface area contributed by atoms with Crippen molar-refractivity contribution in [2.75, 3.05) is 40.4 Å². The molecular formula is C17H25F2IN4O2. The van der Waals surface area contributed by atoms with E-state index < -0.39 is 11.6 Å². The minimum Gasteiger partial charge on any atom is -0.381 e. The molecule has 1 aliphatic heterocycles. The minimum atomic E-state index is -0.516. The van der Waals surface area contributed by atoms with Gasteiger partial charge in [0.05, 0.1) is 19.7 Å². The Labute approximate surface area is 169 Å². The van der Waals surface area contributed by atoms with Crippen LogP contribution in [0.4, 0.5) is 8.78 Å². The Hall–Kier alpha value is -1.49. The van der Waals surface area contributed by atoms with Gasteiger partial charge in [-0.2, -0.15) is 0 Å². The molecule has 1 aliphatic rings. The lowest BCUT2D eigenvalue weighted by Crippen LogP contribution is -2.44. The average molecular weight is 482 g/mol. The molecule has 9 heteroatoms. The molecule has 0 radical (unpaired) electrons. The molecule has 1 aromatic rings. The van der Waals surface area contributed by atoms with E-state index in [4.69, 9.17) is 4.74 Å². The number of hydrogen-bond donors (Lipinski definition) is 2. The molecular weight excluding hydrogens is 457 g/mol. The summed E-state index contributed by atoms with van der Waals surface area (Å²) in [7, 11) is 3.32. The summed E-state index contributed by atoms with van der Waals surface area (Å²) in [5, 5.41) is 6.05. The highest BCUT2D eigenvalue weighted by Gasteiger charge is 2.16. The van der Waals surface area contributed by atoms with Gasteiger partial charge in [0, 0.05) is 38.7 Å². The van der Waals surface area contributed by atoms with Crippen LogP contribution in [0.3, 0.4) is 0 Å². The first-order valence-corrected chi connectivity index (χ1v) is 8.19. The van der Waals surface area contributed by atoms with Crippen LogP contribution in [0.25, 0.3) is 0 Å². The summed E-state index contributed by atoms with van der Waals surface area (Å²) in [6, 6.07) is 3.26. The van der Waals surface area contributed by atoms with Crippen LogP contribution in [0.5, 0.6) is 0 Å². The molecule has 1 heterocycles. The summed E-state index contributed by atoms with van der Waals surface area (Å²) < 4.78 is 32.3. The van der Waals surface area contributed by atoms with Gasteiger partial charge in [0.15, 0.2) is 5.96 Å². The quantitative estimate of drug-likeness (QED) is 0.369. The average Bonchev–Trinajstić information content (AvgIpc) is 3.10. The summed E-state index contributed by atoms with van der Waals surface area (Å²) in [4.78, 5) is 17.5. The van der Waals surface area contributed by atoms with Crippen molar-refractivity contribution in [1.82, 2.24) is 15.5 Å². The van der Waals surface area contributed by atoms with Gasteiger partial charge in [0.1, 0.15) is 11.6 Å². The van der Waals surface area contributed by atoms with Crippen LogP contribution in [-0.2, 0) is 16.1 Å². The Bertz CT molecular complexity index is 623. The number of benzene rings is 1. The predicted octanol–water partition coefficient (Wildman–Crippen LogP) is 1.74. The SMILES string of the molecule is CN(C)C(=O)CNC(=NCc1cc(F)ccc1F)NCC1CCOC1.I. The lowest BCUT2D eigenvalue weighted by atomic mass is 10.1. The zero-order chi connectivity index (χ0) is 18.2. The molecule has 1 atom stereocenters. The molecule has 146 valence electrons. The maximum atomic E-state index is 13.7. The second-order valence-corrected chi connectivity index (χ2v) is 6.15. The maximum Gasteiger partial charge on any atom is 0.241 e. The normalized spacial score (nSPS) is 16.8. The van der Waals surface area contributed by atoms with Crippen molar-refractivity contribution in [3.05, 3.63) is 35.4 Å². The predicted molar refractivity (Wildman–Crippen MR) is 107 cm³/mol. The summed E-state index contributed by atoms with van der Waals surface area (Å²) in [5.74, 6) is -0.401. The zero-order valence-electron chi connectivity index (χ0n) is 14.9. The fourth-order valence-corrected chi connectivity index (χ4v) is 2.31. The van der Waals surface area contributed by atoms with Crippen molar-refractivity contribution >= 4 is 35.8 Å². The second-order valence-electron chi connectivity index (χ2n) is 6.15. The molecule has 26 heavy (non-hydrogen) atoms. The Morgan fingerprint density at radius 3 is 2.77 bits per heavy atom. The number of guanidine groups is 1. The van der Waals surface area contributed by atoms with Crippen molar-refractivity contribution in [2.45, 2.75) is 13.0 Å². The maximum absolute atomic E-state index is 13.7. The molecule has 1 aromatic carbocycles. The number of likely N-dealkylation sites (N-methyl/N-ethyl adjacent to an activating group) is 1. The van der Waals surface area contributed by atoms with Crippen LogP contribution >= 0.6 is 24.0 Å². The largest absolute Gasteiger partial charge is 0.381 e. The smallest absolute Gasteiger partial charge is 0.241 e. The van der Waals surface area contributed by atoms with Crippen molar-refractivity contribution < 1.29 is 18.3 Å². The molecule has 1 amide bonds. The number of halogens is 3. The molecule has 1 fully saturated rings. The molecule has 2 rings (SSSR count). The fraction of sp³-hybridized carbons (Fsp3) is 0.529. The molecule has 2 N–H and O–H groups in total. The third-order valence-electron chi connectivity index (χ3n) is 3.90. The van der Waals surface area contributed by atoms with Gasteiger partial charge in [-0.15, -0.1) is 24.0 Å². The van der Waals surface area contributed by atoms with Crippen LogP contribution in [0.2, 0.25) is 0 Å². The highest BCUT2D eigenvalue weighted by atomic mass is 127. The van der Waals surface area contributed by atoms with Crippen LogP contribution in [0, 0.1) is 17.6 Å². The van der Waals surface area contributed by atoms with E-state index in [2.05, 4.69) is 15.6 Å². The lowest BCUT2D eigenvalue weighted by Gasteiger charge is -2.16. The molecule has 1 saturated heterocycles. The molecule has 0 aliphatic carbocycles. The third-order valence-corrected chi connectivity index (χ3v) is 3.90. The lowest BCUT2D eigenvalue weighted by molar-refractivity contribution is -0.127. The van der Waals surface area contributed by atoms with E-state index in [9.17, 15) is 13.6 Å². The molecule has 0 spiro atoms. The van der Waals surface area contributed by atoms with Gasteiger partial charge >= 0.3 is 0 Å². The summed E-state index contributed by atoms with van der Waals surface area (Å²) in [6.45, 7) is 2.07. The summed E-state index contributed by atoms with van der Waals surface area (Å²) >= 11 is 0. The topological polar surface area (TPSA) is 66.0 Å². The van der Waals surface area contributed by atoms with Gasteiger partial charge in [-0.1, -0.05) is 0 Å². The van der Waals surface area contributed by atoms with Crippen molar-refractivity contribution in [3.63, 3.8) is 0 Å². The van der Waals surface area contributed by atoms with E-state index in [-0.39, 0.29) is 48.5 Å². The highest BCUT2D eigenvalue weighted by Crippen LogP contribution is 2.12. The zero-order valence-corrected chi connectivity index (χ0v) is 17.3. The van der Waals surface area contributed by atoms with E-state index in [1.165, 1.54) is 4.90 Å². The van der Waals surface area contributed by atoms with Gasteiger partial charge in [-0.05, 0) is 24.6 Å². The molecule has 6 nitrogen and oxygen atoms in total. The van der Waals surface area contributed by atoms with Gasteiger partial charge in [-0.3, -0.25) is 4.79 Å². The summed E-state index contributed by atoms with van der Waals surface area (Å²) in [5.41, 5.74) is 0.157.